The summed E-state index contributed by atoms with van der Waals surface area (Å²) in [4.78, 5) is 0. The van der Waals surface area contributed by atoms with Crippen molar-refractivity contribution in [3.05, 3.63) is 0 Å². The van der Waals surface area contributed by atoms with E-state index in [0.717, 1.165) is 0 Å². The molecule has 0 unspecified atom stereocenters. The van der Waals surface area contributed by atoms with Crippen molar-refractivity contribution in [2.75, 3.05) is 0 Å². The van der Waals surface area contributed by atoms with Crippen LogP contribution in [0.3, 0.4) is 0 Å². The maximum absolute atomic E-state index is 5.06. The van der Waals surface area contributed by atoms with Gasteiger partial charge in [0.2, 0.25) is 0 Å². The van der Waals surface area contributed by atoms with E-state index >= 15 is 0 Å². The predicted octanol–water partition coefficient (Wildman–Crippen LogP) is 4.36. The molecular formula is C14H26. The van der Waals surface area contributed by atoms with Gasteiger partial charge in [0.05, 0.1) is 0 Å². The first-order valence-corrected chi connectivity index (χ1v) is 5.08. The Kier molecular flexibility index (Phi) is 11.7. The summed E-state index contributed by atoms with van der Waals surface area (Å²) < 4.78 is 0. The monoisotopic (exact) mass is 194 g/mol. The molecule has 0 radical (unpaired) electrons. The van der Waals surface area contributed by atoms with Gasteiger partial charge in [0.1, 0.15) is 0 Å². The largest absolute Gasteiger partial charge is 0.120 e. The highest BCUT2D eigenvalue weighted by Crippen LogP contribution is 2.08. The lowest BCUT2D eigenvalue weighted by Crippen LogP contribution is -1.97. The van der Waals surface area contributed by atoms with Gasteiger partial charge in [-0.15, -0.1) is 24.7 Å². The van der Waals surface area contributed by atoms with Gasteiger partial charge in [0, 0.05) is 10.8 Å². The second-order valence-corrected chi connectivity index (χ2v) is 4.79. The first kappa shape index (κ1) is 18.8. The van der Waals surface area contributed by atoms with Gasteiger partial charge in [0.15, 0.2) is 0 Å². The first-order chi connectivity index (χ1) is 6.12. The molecule has 0 fully saturated rings. The van der Waals surface area contributed by atoms with E-state index in [1.807, 2.05) is 55.4 Å². The van der Waals surface area contributed by atoms with Gasteiger partial charge in [-0.05, 0) is 41.5 Å². The molecule has 0 amide bonds. The third-order valence-electron chi connectivity index (χ3n) is 0.866. The fourth-order valence-electron chi connectivity index (χ4n) is 0. The number of rotatable bonds is 0. The molecule has 0 heteroatoms. The summed E-state index contributed by atoms with van der Waals surface area (Å²) in [6.07, 6.45) is 10.1. The van der Waals surface area contributed by atoms with Crippen molar-refractivity contribution in [1.29, 1.82) is 0 Å². The number of terminal acetylenes is 2. The summed E-state index contributed by atoms with van der Waals surface area (Å²) in [7, 11) is 0. The Morgan fingerprint density at radius 2 is 0.714 bits per heavy atom. The zero-order valence-corrected chi connectivity index (χ0v) is 11.2. The summed E-state index contributed by atoms with van der Waals surface area (Å²) >= 11 is 0. The van der Waals surface area contributed by atoms with Crippen LogP contribution in [0.1, 0.15) is 55.4 Å². The van der Waals surface area contributed by atoms with Crippen LogP contribution in [-0.2, 0) is 0 Å². The quantitative estimate of drug-likeness (QED) is 0.503. The third kappa shape index (κ3) is 43.4. The van der Waals surface area contributed by atoms with Crippen LogP contribution in [0.15, 0.2) is 0 Å². The predicted molar refractivity (Wildman–Crippen MR) is 67.9 cm³/mol. The summed E-state index contributed by atoms with van der Waals surface area (Å²) in [6, 6.07) is 0. The van der Waals surface area contributed by atoms with Crippen LogP contribution < -0.4 is 0 Å². The molecule has 0 rings (SSSR count). The minimum absolute atomic E-state index is 0.0694. The van der Waals surface area contributed by atoms with E-state index in [1.165, 1.54) is 0 Å². The fraction of sp³-hybridized carbons (Fsp3) is 0.714. The van der Waals surface area contributed by atoms with E-state index in [4.69, 9.17) is 12.8 Å². The minimum atomic E-state index is 0.0694. The van der Waals surface area contributed by atoms with Crippen molar-refractivity contribution in [2.24, 2.45) is 10.8 Å². The molecule has 82 valence electrons. The van der Waals surface area contributed by atoms with E-state index in [0.29, 0.717) is 0 Å². The SMILES string of the molecule is C#CC(C)(C)C.C#CC(C)(C)C.CC. The van der Waals surface area contributed by atoms with Gasteiger partial charge >= 0.3 is 0 Å². The molecule has 0 aliphatic heterocycles. The van der Waals surface area contributed by atoms with Crippen LogP contribution in [0, 0.1) is 35.5 Å². The standard InChI is InChI=1S/2C6H10.C2H6/c2*1-5-6(2,3)4;1-2/h2*1H,2-4H3;1-2H3. The zero-order valence-electron chi connectivity index (χ0n) is 11.2. The van der Waals surface area contributed by atoms with Crippen LogP contribution in [-0.4, -0.2) is 0 Å². The highest BCUT2D eigenvalue weighted by Gasteiger charge is 2.01. The lowest BCUT2D eigenvalue weighted by Gasteiger charge is -2.04. The molecule has 0 spiro atoms. The highest BCUT2D eigenvalue weighted by molar-refractivity contribution is 4.97. The Hall–Kier alpha value is -0.880. The van der Waals surface area contributed by atoms with Crippen molar-refractivity contribution >= 4 is 0 Å². The number of hydrogen-bond donors (Lipinski definition) is 0. The summed E-state index contributed by atoms with van der Waals surface area (Å²) in [5, 5.41) is 0. The summed E-state index contributed by atoms with van der Waals surface area (Å²) in [5.41, 5.74) is 0.139. The Morgan fingerprint density at radius 3 is 0.714 bits per heavy atom. The molecular weight excluding hydrogens is 168 g/mol. The lowest BCUT2D eigenvalue weighted by molar-refractivity contribution is 0.571. The lowest BCUT2D eigenvalue weighted by atomic mass is 9.99. The van der Waals surface area contributed by atoms with Crippen LogP contribution in [0.4, 0.5) is 0 Å². The minimum Gasteiger partial charge on any atom is -0.120 e. The van der Waals surface area contributed by atoms with Crippen molar-refractivity contribution in [3.8, 4) is 24.7 Å². The molecule has 0 aromatic rings. The second kappa shape index (κ2) is 8.71. The second-order valence-electron chi connectivity index (χ2n) is 4.79. The van der Waals surface area contributed by atoms with Crippen molar-refractivity contribution in [1.82, 2.24) is 0 Å². The molecule has 0 aromatic carbocycles. The van der Waals surface area contributed by atoms with Gasteiger partial charge in [-0.1, -0.05) is 13.8 Å². The third-order valence-corrected chi connectivity index (χ3v) is 0.866. The van der Waals surface area contributed by atoms with Gasteiger partial charge in [-0.25, -0.2) is 0 Å². The van der Waals surface area contributed by atoms with Crippen LogP contribution in [0.2, 0.25) is 0 Å². The van der Waals surface area contributed by atoms with E-state index in [1.54, 1.807) is 0 Å². The normalized spacial score (nSPS) is 9.29. The molecule has 0 nitrogen and oxygen atoms in total. The summed E-state index contributed by atoms with van der Waals surface area (Å²) in [6.45, 7) is 16.0. The van der Waals surface area contributed by atoms with Crippen LogP contribution in [0.25, 0.3) is 0 Å². The van der Waals surface area contributed by atoms with Crippen molar-refractivity contribution in [3.63, 3.8) is 0 Å². The van der Waals surface area contributed by atoms with Gasteiger partial charge < -0.3 is 0 Å². The van der Waals surface area contributed by atoms with Crippen molar-refractivity contribution < 1.29 is 0 Å². The maximum Gasteiger partial charge on any atom is 0.0227 e. The molecule has 0 saturated heterocycles. The van der Waals surface area contributed by atoms with E-state index in [2.05, 4.69) is 11.8 Å². The zero-order chi connectivity index (χ0) is 12.4. The average molecular weight is 194 g/mol. The Labute approximate surface area is 91.5 Å². The van der Waals surface area contributed by atoms with Gasteiger partial charge in [-0.2, -0.15) is 0 Å². The van der Waals surface area contributed by atoms with Crippen LogP contribution >= 0.6 is 0 Å². The smallest absolute Gasteiger partial charge is 0.0227 e. The average Bonchev–Trinajstić information content (AvgIpc) is 2.07. The molecule has 0 aliphatic carbocycles. The van der Waals surface area contributed by atoms with Crippen LogP contribution in [0.5, 0.6) is 0 Å². The molecule has 0 aliphatic rings. The Balaban J connectivity index is -0.000000147. The number of hydrogen-bond acceptors (Lipinski definition) is 0. The molecule has 0 atom stereocenters. The Bertz CT molecular complexity index is 158. The molecule has 0 aromatic heterocycles. The fourth-order valence-corrected chi connectivity index (χ4v) is 0. The molecule has 14 heavy (non-hydrogen) atoms. The molecule has 0 saturated carbocycles. The highest BCUT2D eigenvalue weighted by atomic mass is 14.0. The first-order valence-electron chi connectivity index (χ1n) is 5.08. The topological polar surface area (TPSA) is 0 Å². The van der Waals surface area contributed by atoms with E-state index in [-0.39, 0.29) is 10.8 Å². The van der Waals surface area contributed by atoms with Gasteiger partial charge in [0.25, 0.3) is 0 Å². The maximum atomic E-state index is 5.06. The Morgan fingerprint density at radius 1 is 0.643 bits per heavy atom. The molecule has 0 heterocycles. The van der Waals surface area contributed by atoms with E-state index in [9.17, 15) is 0 Å². The van der Waals surface area contributed by atoms with Gasteiger partial charge in [-0.3, -0.25) is 0 Å². The summed E-state index contributed by atoms with van der Waals surface area (Å²) in [5.74, 6) is 5.21. The van der Waals surface area contributed by atoms with Crippen molar-refractivity contribution in [2.45, 2.75) is 55.4 Å². The van der Waals surface area contributed by atoms with E-state index < -0.39 is 0 Å². The molecule has 0 N–H and O–H groups in total. The molecule has 0 bridgehead atoms.